The molecule has 0 saturated heterocycles. The van der Waals surface area contributed by atoms with Crippen molar-refractivity contribution < 1.29 is 9.41 Å². The Morgan fingerprint density at radius 1 is 1.09 bits per heavy atom. The lowest BCUT2D eigenvalue weighted by atomic mass is 9.77. The lowest BCUT2D eigenvalue weighted by molar-refractivity contribution is -0.344. The van der Waals surface area contributed by atoms with Crippen molar-refractivity contribution >= 4 is 18.0 Å². The van der Waals surface area contributed by atoms with E-state index >= 15 is 0 Å². The lowest BCUT2D eigenvalue weighted by Gasteiger charge is -2.26. The van der Waals surface area contributed by atoms with E-state index < -0.39 is 0 Å². The van der Waals surface area contributed by atoms with Crippen molar-refractivity contribution in [1.29, 1.82) is 0 Å². The van der Waals surface area contributed by atoms with Gasteiger partial charge in [0.25, 0.3) is 0 Å². The molecule has 1 aromatic carbocycles. The Bertz CT molecular complexity index is 696. The number of benzene rings is 1. The molecule has 1 aromatic heterocycles. The minimum Gasteiger partial charge on any atom is -0.465 e. The molecule has 111 valence electrons. The van der Waals surface area contributed by atoms with E-state index in [-0.39, 0.29) is 0 Å². The summed E-state index contributed by atoms with van der Waals surface area (Å²) < 4.78 is 5.50. The smallest absolute Gasteiger partial charge is 0.207 e. The first-order valence-corrected chi connectivity index (χ1v) is 8.18. The molecule has 1 radical (unpaired) electrons. The van der Waals surface area contributed by atoms with Crippen molar-refractivity contribution in [2.45, 2.75) is 38.0 Å². The van der Waals surface area contributed by atoms with Crippen LogP contribution >= 0.6 is 0 Å². The average Bonchev–Trinajstić information content (AvgIpc) is 3.20. The first-order chi connectivity index (χ1) is 10.9. The van der Waals surface area contributed by atoms with E-state index in [1.807, 2.05) is 12.1 Å². The van der Waals surface area contributed by atoms with E-state index in [0.717, 1.165) is 12.2 Å². The molecule has 1 aliphatic carbocycles. The van der Waals surface area contributed by atoms with Crippen LogP contribution in [0.25, 0.3) is 6.08 Å². The summed E-state index contributed by atoms with van der Waals surface area (Å²) in [5, 5.41) is 0. The summed E-state index contributed by atoms with van der Waals surface area (Å²) in [4.78, 5) is 3.42. The Morgan fingerprint density at radius 3 is 2.91 bits per heavy atom. The van der Waals surface area contributed by atoms with Gasteiger partial charge in [0.05, 0.1) is 12.2 Å². The topological polar surface area (TPSA) is 27.1 Å². The summed E-state index contributed by atoms with van der Waals surface area (Å²) in [6.07, 6.45) is 12.4. The van der Waals surface area contributed by atoms with Gasteiger partial charge in [-0.2, -0.15) is 0 Å². The fourth-order valence-electron chi connectivity index (χ4n) is 3.61. The van der Waals surface area contributed by atoms with Gasteiger partial charge in [0.2, 0.25) is 5.69 Å². The van der Waals surface area contributed by atoms with Crippen LogP contribution in [0.1, 0.15) is 49.3 Å². The summed E-state index contributed by atoms with van der Waals surface area (Å²) in [7, 11) is 0. The van der Waals surface area contributed by atoms with Crippen molar-refractivity contribution in [2.75, 3.05) is 0 Å². The first kappa shape index (κ1) is 13.6. The minimum atomic E-state index is 0.490. The van der Waals surface area contributed by atoms with Crippen LogP contribution in [-0.2, 0) is 0 Å². The molecule has 0 spiro atoms. The number of hydrogen-bond donors (Lipinski definition) is 1. The summed E-state index contributed by atoms with van der Waals surface area (Å²) >= 11 is 0. The maximum Gasteiger partial charge on any atom is 0.207 e. The fourth-order valence-corrected chi connectivity index (χ4v) is 3.61. The van der Waals surface area contributed by atoms with Gasteiger partial charge in [-0.25, -0.2) is 4.99 Å². The van der Waals surface area contributed by atoms with Crippen LogP contribution in [0.15, 0.2) is 52.7 Å². The molecule has 0 bridgehead atoms. The van der Waals surface area contributed by atoms with Crippen LogP contribution < -0.4 is 4.99 Å². The van der Waals surface area contributed by atoms with E-state index in [1.165, 1.54) is 42.5 Å². The second-order valence-corrected chi connectivity index (χ2v) is 6.20. The Labute approximate surface area is 131 Å². The normalized spacial score (nSPS) is 23.1. The molecule has 22 heavy (non-hydrogen) atoms. The number of rotatable bonds is 3. The molecule has 1 aliphatic heterocycles. The van der Waals surface area contributed by atoms with Crippen LogP contribution in [0.3, 0.4) is 0 Å². The molecule has 0 unspecified atom stereocenters. The van der Waals surface area contributed by atoms with Gasteiger partial charge in [-0.1, -0.05) is 30.2 Å². The van der Waals surface area contributed by atoms with Gasteiger partial charge in [0.1, 0.15) is 5.76 Å². The number of fused-ring (bicyclic) bond motifs is 1. The van der Waals surface area contributed by atoms with Crippen LogP contribution in [0.5, 0.6) is 0 Å². The molecule has 1 saturated carbocycles. The molecule has 2 heterocycles. The van der Waals surface area contributed by atoms with Crippen molar-refractivity contribution in [1.82, 2.24) is 0 Å². The van der Waals surface area contributed by atoms with Gasteiger partial charge in [0.15, 0.2) is 6.21 Å². The van der Waals surface area contributed by atoms with E-state index in [4.69, 9.17) is 4.42 Å². The van der Waals surface area contributed by atoms with Crippen molar-refractivity contribution in [2.24, 2.45) is 0 Å². The van der Waals surface area contributed by atoms with Gasteiger partial charge >= 0.3 is 0 Å². The Morgan fingerprint density at radius 2 is 2.00 bits per heavy atom. The van der Waals surface area contributed by atoms with Crippen molar-refractivity contribution in [3.05, 3.63) is 65.5 Å². The zero-order valence-corrected chi connectivity index (χ0v) is 12.7. The van der Waals surface area contributed by atoms with E-state index in [2.05, 4.69) is 41.5 Å². The molecule has 2 heteroatoms. The monoisotopic (exact) mass is 291 g/mol. The van der Waals surface area contributed by atoms with Crippen molar-refractivity contribution in [3.63, 3.8) is 0 Å². The molecule has 4 rings (SSSR count). The van der Waals surface area contributed by atoms with Gasteiger partial charge in [0, 0.05) is 17.5 Å². The zero-order chi connectivity index (χ0) is 14.8. The van der Waals surface area contributed by atoms with Crippen LogP contribution in [0, 0.1) is 5.92 Å². The Kier molecular flexibility index (Phi) is 3.67. The molecule has 2 aromatic rings. The summed E-state index contributed by atoms with van der Waals surface area (Å²) in [6, 6.07) is 12.6. The summed E-state index contributed by atoms with van der Waals surface area (Å²) in [5.74, 6) is 3.06. The molecule has 2 aliphatic rings. The third-order valence-corrected chi connectivity index (χ3v) is 4.76. The van der Waals surface area contributed by atoms with Crippen LogP contribution in [0.4, 0.5) is 5.69 Å². The quantitative estimate of drug-likeness (QED) is 0.915. The van der Waals surface area contributed by atoms with Gasteiger partial charge < -0.3 is 4.42 Å². The standard InChI is InChI=1S/C20H20NO/c1-2-7-16(13-18-8-5-11-22-18)15(6-1)12-17-14-21-20-10-4-3-9-19(17)20/h3-5,8-11,13-14,17H,1-2,6-7,12H2/p+1/t17-/m0/s1. The number of para-hydroxylation sites is 1. The van der Waals surface area contributed by atoms with Crippen molar-refractivity contribution in [3.8, 4) is 0 Å². The molecule has 2 nitrogen and oxygen atoms in total. The average molecular weight is 291 g/mol. The van der Waals surface area contributed by atoms with E-state index in [9.17, 15) is 0 Å². The Hall–Kier alpha value is -2.09. The van der Waals surface area contributed by atoms with Gasteiger partial charge in [-0.05, 0) is 43.9 Å². The highest BCUT2D eigenvalue weighted by molar-refractivity contribution is 5.72. The zero-order valence-electron chi connectivity index (χ0n) is 12.7. The predicted octanol–water partition coefficient (Wildman–Crippen LogP) is 3.78. The number of hydrogen-bond acceptors (Lipinski definition) is 1. The predicted molar refractivity (Wildman–Crippen MR) is 88.9 cm³/mol. The van der Waals surface area contributed by atoms with E-state index in [1.54, 1.807) is 12.2 Å². The maximum absolute atomic E-state index is 5.50. The SMILES string of the molecule is C1=[NH+]c2ccccc2[C@H]1C[C]1CCCCC1=Cc1ccco1. The second-order valence-electron chi connectivity index (χ2n) is 6.20. The lowest BCUT2D eigenvalue weighted by Crippen LogP contribution is -2.59. The van der Waals surface area contributed by atoms with Crippen LogP contribution in [0.2, 0.25) is 0 Å². The third kappa shape index (κ3) is 2.66. The largest absolute Gasteiger partial charge is 0.465 e. The van der Waals surface area contributed by atoms with E-state index in [0.29, 0.717) is 5.92 Å². The van der Waals surface area contributed by atoms with Crippen LogP contribution in [-0.4, -0.2) is 6.21 Å². The highest BCUT2D eigenvalue weighted by Gasteiger charge is 2.29. The second kappa shape index (κ2) is 5.96. The summed E-state index contributed by atoms with van der Waals surface area (Å²) in [5.41, 5.74) is 4.18. The number of nitrogens with one attached hydrogen (secondary N) is 1. The minimum absolute atomic E-state index is 0.490. The molecule has 0 amide bonds. The molecular weight excluding hydrogens is 270 g/mol. The highest BCUT2D eigenvalue weighted by atomic mass is 16.3. The molecule has 1 N–H and O–H groups in total. The first-order valence-electron chi connectivity index (χ1n) is 8.18. The highest BCUT2D eigenvalue weighted by Crippen LogP contribution is 2.40. The van der Waals surface area contributed by atoms with Gasteiger partial charge in [-0.3, -0.25) is 0 Å². The fraction of sp³-hybridized carbons (Fsp3) is 0.300. The number of furan rings is 1. The van der Waals surface area contributed by atoms with Gasteiger partial charge in [-0.15, -0.1) is 0 Å². The maximum atomic E-state index is 5.50. The molecule has 1 atom stereocenters. The molecular formula is C20H21NO+. The summed E-state index contributed by atoms with van der Waals surface area (Å²) in [6.45, 7) is 0. The third-order valence-electron chi connectivity index (χ3n) is 4.76. The number of allylic oxidation sites excluding steroid dienone is 1. The molecule has 1 fully saturated rings. The Balaban J connectivity index is 1.55.